The van der Waals surface area contributed by atoms with Crippen molar-refractivity contribution in [2.24, 2.45) is 0 Å². The largest absolute Gasteiger partial charge is 0.761 e. The Labute approximate surface area is 112 Å². The first kappa shape index (κ1) is 12.9. The topological polar surface area (TPSA) is 57.2 Å². The average Bonchev–Trinajstić information content (AvgIpc) is 2.44. The van der Waals surface area contributed by atoms with Gasteiger partial charge in [0.2, 0.25) is 0 Å². The molecule has 19 heavy (non-hydrogen) atoms. The molecule has 0 fully saturated rings. The summed E-state index contributed by atoms with van der Waals surface area (Å²) in [5, 5.41) is 10.4. The molecular formula is C15H13N2O2-. The molecule has 0 amide bonds. The third kappa shape index (κ3) is 4.02. The maximum Gasteiger partial charge on any atom is 0.149 e. The number of rotatable bonds is 3. The molecule has 0 bridgehead atoms. The van der Waals surface area contributed by atoms with Crippen molar-refractivity contribution in [3.05, 3.63) is 59.1 Å². The molecule has 1 heterocycles. The number of aromatic nitrogens is 1. The van der Waals surface area contributed by atoms with Gasteiger partial charge in [0, 0.05) is 11.4 Å². The lowest BCUT2D eigenvalue weighted by atomic mass is 10.3. The summed E-state index contributed by atoms with van der Waals surface area (Å²) in [6, 6.07) is 12.4. The summed E-state index contributed by atoms with van der Waals surface area (Å²) >= 11 is 0. The monoisotopic (exact) mass is 253 g/mol. The van der Waals surface area contributed by atoms with Gasteiger partial charge in [0.05, 0.1) is 0 Å². The van der Waals surface area contributed by atoms with Crippen LogP contribution in [0, 0.1) is 24.0 Å². The Morgan fingerprint density at radius 2 is 2.00 bits per heavy atom. The van der Waals surface area contributed by atoms with Crippen LogP contribution >= 0.6 is 0 Å². The SMILES string of the molecule is Cc1cccc(C#CCOc2ccc(N[O-])cc2)n1. The van der Waals surface area contributed by atoms with Gasteiger partial charge in [-0.25, -0.2) is 4.98 Å². The van der Waals surface area contributed by atoms with Gasteiger partial charge in [-0.3, -0.25) is 0 Å². The van der Waals surface area contributed by atoms with Gasteiger partial charge in [0.15, 0.2) is 0 Å². The molecule has 0 aliphatic heterocycles. The Kier molecular flexibility index (Phi) is 4.38. The van der Waals surface area contributed by atoms with Crippen molar-refractivity contribution < 1.29 is 4.74 Å². The third-order valence-corrected chi connectivity index (χ3v) is 2.39. The highest BCUT2D eigenvalue weighted by Gasteiger charge is 1.91. The highest BCUT2D eigenvalue weighted by Crippen LogP contribution is 2.14. The number of nitrogens with zero attached hydrogens (tertiary/aromatic N) is 1. The van der Waals surface area contributed by atoms with Gasteiger partial charge in [0.25, 0.3) is 0 Å². The van der Waals surface area contributed by atoms with Crippen LogP contribution in [0.25, 0.3) is 0 Å². The quantitative estimate of drug-likeness (QED) is 0.675. The summed E-state index contributed by atoms with van der Waals surface area (Å²) in [6.07, 6.45) is 0. The lowest BCUT2D eigenvalue weighted by Crippen LogP contribution is -1.94. The van der Waals surface area contributed by atoms with Gasteiger partial charge in [-0.2, -0.15) is 0 Å². The lowest BCUT2D eigenvalue weighted by molar-refractivity contribution is 0.370. The minimum atomic E-state index is 0.278. The molecule has 2 aromatic rings. The normalized spacial score (nSPS) is 9.37. The molecule has 0 saturated heterocycles. The molecule has 2 rings (SSSR count). The highest BCUT2D eigenvalue weighted by atomic mass is 16.5. The van der Waals surface area contributed by atoms with E-state index in [-0.39, 0.29) is 6.61 Å². The molecule has 0 radical (unpaired) electrons. The van der Waals surface area contributed by atoms with Crippen molar-refractivity contribution in [3.8, 4) is 17.6 Å². The van der Waals surface area contributed by atoms with E-state index in [1.807, 2.05) is 25.1 Å². The molecule has 0 aliphatic rings. The van der Waals surface area contributed by atoms with E-state index >= 15 is 0 Å². The molecule has 4 heteroatoms. The molecule has 1 aromatic heterocycles. The summed E-state index contributed by atoms with van der Waals surface area (Å²) < 4.78 is 5.43. The Balaban J connectivity index is 1.89. The Morgan fingerprint density at radius 1 is 1.21 bits per heavy atom. The van der Waals surface area contributed by atoms with Crippen LogP contribution in [0.1, 0.15) is 11.4 Å². The Bertz CT molecular complexity index is 598. The van der Waals surface area contributed by atoms with Gasteiger partial charge in [-0.1, -0.05) is 12.0 Å². The van der Waals surface area contributed by atoms with Crippen molar-refractivity contribution in [1.82, 2.24) is 4.98 Å². The number of nitrogens with one attached hydrogen (secondary N) is 1. The van der Waals surface area contributed by atoms with E-state index in [1.165, 1.54) is 0 Å². The van der Waals surface area contributed by atoms with Gasteiger partial charge < -0.3 is 15.4 Å². The fraction of sp³-hybridized carbons (Fsp3) is 0.133. The van der Waals surface area contributed by atoms with Crippen LogP contribution in [0.4, 0.5) is 5.69 Å². The molecule has 96 valence electrons. The van der Waals surface area contributed by atoms with E-state index in [2.05, 4.69) is 16.8 Å². The molecule has 1 aromatic carbocycles. The molecule has 0 saturated carbocycles. The van der Waals surface area contributed by atoms with Gasteiger partial charge >= 0.3 is 0 Å². The van der Waals surface area contributed by atoms with Crippen molar-refractivity contribution >= 4 is 5.69 Å². The van der Waals surface area contributed by atoms with Crippen LogP contribution in [-0.4, -0.2) is 11.6 Å². The molecule has 1 N–H and O–H groups in total. The first-order valence-electron chi connectivity index (χ1n) is 5.81. The molecule has 0 atom stereocenters. The predicted molar refractivity (Wildman–Crippen MR) is 74.8 cm³/mol. The highest BCUT2D eigenvalue weighted by molar-refractivity contribution is 5.46. The smallest absolute Gasteiger partial charge is 0.149 e. The van der Waals surface area contributed by atoms with Gasteiger partial charge in [0.1, 0.15) is 18.1 Å². The van der Waals surface area contributed by atoms with E-state index in [1.54, 1.807) is 29.7 Å². The number of pyridine rings is 1. The van der Waals surface area contributed by atoms with Crippen molar-refractivity contribution in [3.63, 3.8) is 0 Å². The van der Waals surface area contributed by atoms with Crippen molar-refractivity contribution in [1.29, 1.82) is 0 Å². The van der Waals surface area contributed by atoms with E-state index < -0.39 is 0 Å². The maximum atomic E-state index is 10.4. The standard InChI is InChI=1S/C15H13N2O2/c1-12-4-2-5-13(16-12)6-3-11-19-15-9-7-14(17-18)8-10-15/h2,4-5,7-10,17H,11H2,1H3/q-1. The maximum absolute atomic E-state index is 10.4. The second kappa shape index (κ2) is 6.43. The van der Waals surface area contributed by atoms with Crippen LogP contribution < -0.4 is 10.2 Å². The third-order valence-electron chi connectivity index (χ3n) is 2.39. The van der Waals surface area contributed by atoms with E-state index in [4.69, 9.17) is 4.74 Å². The van der Waals surface area contributed by atoms with E-state index in [9.17, 15) is 5.21 Å². The number of hydrogen-bond acceptors (Lipinski definition) is 4. The van der Waals surface area contributed by atoms with E-state index in [0.717, 1.165) is 11.4 Å². The summed E-state index contributed by atoms with van der Waals surface area (Å²) in [6.45, 7) is 2.20. The zero-order valence-electron chi connectivity index (χ0n) is 10.5. The summed E-state index contributed by atoms with van der Waals surface area (Å²) in [7, 11) is 0. The minimum Gasteiger partial charge on any atom is -0.761 e. The molecular weight excluding hydrogens is 240 g/mol. The van der Waals surface area contributed by atoms with Gasteiger partial charge in [-0.15, -0.1) is 0 Å². The number of hydrogen-bond donors (Lipinski definition) is 1. The second-order valence-corrected chi connectivity index (χ2v) is 3.88. The number of benzene rings is 1. The van der Waals surface area contributed by atoms with Crippen LogP contribution in [0.5, 0.6) is 5.75 Å². The molecule has 0 aliphatic carbocycles. The number of aryl methyl sites for hydroxylation is 1. The zero-order chi connectivity index (χ0) is 13.5. The van der Waals surface area contributed by atoms with Crippen LogP contribution in [0.3, 0.4) is 0 Å². The summed E-state index contributed by atoms with van der Waals surface area (Å²) in [5.74, 6) is 6.50. The molecule has 0 unspecified atom stereocenters. The van der Waals surface area contributed by atoms with Crippen molar-refractivity contribution in [2.45, 2.75) is 6.92 Å². The van der Waals surface area contributed by atoms with Crippen LogP contribution in [0.15, 0.2) is 42.5 Å². The zero-order valence-corrected chi connectivity index (χ0v) is 10.5. The summed E-state index contributed by atoms with van der Waals surface area (Å²) in [4.78, 5) is 4.27. The minimum absolute atomic E-state index is 0.278. The lowest BCUT2D eigenvalue weighted by Gasteiger charge is -2.09. The van der Waals surface area contributed by atoms with Gasteiger partial charge in [-0.05, 0) is 49.2 Å². The number of ether oxygens (including phenoxy) is 1. The molecule has 4 nitrogen and oxygen atoms in total. The second-order valence-electron chi connectivity index (χ2n) is 3.88. The van der Waals surface area contributed by atoms with Crippen LogP contribution in [0.2, 0.25) is 0 Å². The van der Waals surface area contributed by atoms with Crippen LogP contribution in [-0.2, 0) is 0 Å². The first-order chi connectivity index (χ1) is 9.28. The first-order valence-corrected chi connectivity index (χ1v) is 5.81. The fourth-order valence-corrected chi connectivity index (χ4v) is 1.48. The Morgan fingerprint density at radius 3 is 2.68 bits per heavy atom. The summed E-state index contributed by atoms with van der Waals surface area (Å²) in [5.41, 5.74) is 3.98. The predicted octanol–water partition coefficient (Wildman–Crippen LogP) is 2.73. The fourth-order valence-electron chi connectivity index (χ4n) is 1.48. The molecule has 0 spiro atoms. The van der Waals surface area contributed by atoms with Crippen molar-refractivity contribution in [2.75, 3.05) is 12.1 Å². The Hall–Kier alpha value is -2.51. The van der Waals surface area contributed by atoms with E-state index in [0.29, 0.717) is 11.4 Å². The average molecular weight is 253 g/mol. The number of anilines is 1.